The zero-order valence-electron chi connectivity index (χ0n) is 16.1. The van der Waals surface area contributed by atoms with Crippen molar-refractivity contribution in [1.82, 2.24) is 10.2 Å². The summed E-state index contributed by atoms with van der Waals surface area (Å²) >= 11 is 6.82. The number of hydrogen-bond donors (Lipinski definition) is 1. The number of benzene rings is 2. The molecule has 2 aromatic rings. The monoisotopic (exact) mass is 400 g/mol. The number of amides is 1. The fourth-order valence-corrected chi connectivity index (χ4v) is 4.24. The van der Waals surface area contributed by atoms with E-state index in [1.165, 1.54) is 22.9 Å². The Labute approximate surface area is 172 Å². The maximum atomic E-state index is 12.2. The third-order valence-corrected chi connectivity index (χ3v) is 6.03. The summed E-state index contributed by atoms with van der Waals surface area (Å²) in [6, 6.07) is 20.9. The van der Waals surface area contributed by atoms with E-state index in [1.807, 2.05) is 12.1 Å². The third kappa shape index (κ3) is 7.00. The molecule has 0 saturated heterocycles. The molecule has 0 fully saturated rings. The van der Waals surface area contributed by atoms with Crippen molar-refractivity contribution in [3.63, 3.8) is 0 Å². The molecule has 2 rings (SSSR count). The normalized spacial score (nSPS) is 10.6. The van der Waals surface area contributed by atoms with Crippen LogP contribution in [0.15, 0.2) is 60.7 Å². The zero-order valence-corrected chi connectivity index (χ0v) is 17.7. The summed E-state index contributed by atoms with van der Waals surface area (Å²) in [5.74, 6) is 0.683. The van der Waals surface area contributed by atoms with Crippen LogP contribution in [0.1, 0.15) is 37.3 Å². The van der Waals surface area contributed by atoms with Crippen LogP contribution in [0.4, 0.5) is 0 Å². The first kappa shape index (κ1) is 21.5. The second kappa shape index (κ2) is 11.8. The van der Waals surface area contributed by atoms with E-state index in [1.54, 1.807) is 0 Å². The molecule has 144 valence electrons. The van der Waals surface area contributed by atoms with E-state index in [2.05, 4.69) is 72.6 Å². The van der Waals surface area contributed by atoms with Crippen molar-refractivity contribution < 1.29 is 4.79 Å². The molecule has 3 nitrogen and oxygen atoms in total. The number of thiocarbonyl (C=S) groups is 1. The molecule has 0 atom stereocenters. The predicted octanol–water partition coefficient (Wildman–Crippen LogP) is 4.68. The first-order chi connectivity index (χ1) is 13.2. The van der Waals surface area contributed by atoms with Crippen LogP contribution in [0.3, 0.4) is 0 Å². The van der Waals surface area contributed by atoms with Crippen LogP contribution in [-0.4, -0.2) is 40.5 Å². The van der Waals surface area contributed by atoms with Crippen molar-refractivity contribution in [3.8, 4) is 0 Å². The van der Waals surface area contributed by atoms with Gasteiger partial charge in [-0.3, -0.25) is 4.79 Å². The van der Waals surface area contributed by atoms with E-state index in [0.29, 0.717) is 12.3 Å². The maximum Gasteiger partial charge on any atom is 0.230 e. The lowest BCUT2D eigenvalue weighted by Crippen LogP contribution is -2.31. The Hall–Kier alpha value is -1.85. The van der Waals surface area contributed by atoms with Gasteiger partial charge in [0.1, 0.15) is 4.32 Å². The maximum absolute atomic E-state index is 12.2. The molecule has 0 unspecified atom stereocenters. The lowest BCUT2D eigenvalue weighted by Gasteiger charge is -2.21. The SMILES string of the molecule is CCN(CC)C(=S)SCC(=O)NCCC(c1ccccc1)c1ccccc1. The molecule has 0 aromatic heterocycles. The van der Waals surface area contributed by atoms with E-state index in [0.717, 1.165) is 23.8 Å². The molecule has 0 aliphatic heterocycles. The molecule has 0 aliphatic rings. The summed E-state index contributed by atoms with van der Waals surface area (Å²) in [4.78, 5) is 14.3. The largest absolute Gasteiger partial charge is 0.358 e. The van der Waals surface area contributed by atoms with Crippen LogP contribution in [-0.2, 0) is 4.79 Å². The minimum atomic E-state index is 0.0365. The molecule has 0 bridgehead atoms. The van der Waals surface area contributed by atoms with Gasteiger partial charge in [0.05, 0.1) is 5.75 Å². The summed E-state index contributed by atoms with van der Waals surface area (Å²) < 4.78 is 0.793. The predicted molar refractivity (Wildman–Crippen MR) is 120 cm³/mol. The van der Waals surface area contributed by atoms with Crippen molar-refractivity contribution in [3.05, 3.63) is 71.8 Å². The quantitative estimate of drug-likeness (QED) is 0.619. The molecule has 0 aliphatic carbocycles. The molecule has 0 saturated carbocycles. The lowest BCUT2D eigenvalue weighted by molar-refractivity contribution is -0.118. The number of carbonyl (C=O) groups is 1. The highest BCUT2D eigenvalue weighted by Crippen LogP contribution is 2.27. The fraction of sp³-hybridized carbons (Fsp3) is 0.364. The number of thioether (sulfide) groups is 1. The molecule has 1 N–H and O–H groups in total. The smallest absolute Gasteiger partial charge is 0.230 e. The van der Waals surface area contributed by atoms with Crippen molar-refractivity contribution >= 4 is 34.2 Å². The number of rotatable bonds is 9. The Morgan fingerprint density at radius 2 is 1.52 bits per heavy atom. The Morgan fingerprint density at radius 1 is 1.00 bits per heavy atom. The van der Waals surface area contributed by atoms with E-state index in [9.17, 15) is 4.79 Å². The number of hydrogen-bond acceptors (Lipinski definition) is 3. The van der Waals surface area contributed by atoms with Crippen LogP contribution in [0.5, 0.6) is 0 Å². The van der Waals surface area contributed by atoms with Gasteiger partial charge in [0.2, 0.25) is 5.91 Å². The van der Waals surface area contributed by atoms with Crippen molar-refractivity contribution in [2.45, 2.75) is 26.2 Å². The van der Waals surface area contributed by atoms with Gasteiger partial charge in [0, 0.05) is 25.6 Å². The fourth-order valence-electron chi connectivity index (χ4n) is 3.00. The molecule has 27 heavy (non-hydrogen) atoms. The summed E-state index contributed by atoms with van der Waals surface area (Å²) in [5.41, 5.74) is 2.55. The molecule has 0 radical (unpaired) electrons. The average Bonchev–Trinajstić information content (AvgIpc) is 2.72. The van der Waals surface area contributed by atoms with Gasteiger partial charge in [-0.05, 0) is 31.4 Å². The van der Waals surface area contributed by atoms with E-state index >= 15 is 0 Å². The van der Waals surface area contributed by atoms with Crippen molar-refractivity contribution in [2.75, 3.05) is 25.4 Å². The highest BCUT2D eigenvalue weighted by atomic mass is 32.2. The van der Waals surface area contributed by atoms with E-state index in [-0.39, 0.29) is 11.8 Å². The molecule has 2 aromatic carbocycles. The number of nitrogens with zero attached hydrogens (tertiary/aromatic N) is 1. The second-order valence-corrected chi connectivity index (χ2v) is 7.85. The molecule has 0 heterocycles. The Bertz CT molecular complexity index is 663. The standard InChI is InChI=1S/C22H28N2OS2/c1-3-24(4-2)22(26)27-17-21(25)23-16-15-20(18-11-7-5-8-12-18)19-13-9-6-10-14-19/h5-14,20H,3-4,15-17H2,1-2H3,(H,23,25). The van der Waals surface area contributed by atoms with Crippen molar-refractivity contribution in [2.24, 2.45) is 0 Å². The topological polar surface area (TPSA) is 32.3 Å². The van der Waals surface area contributed by atoms with Gasteiger partial charge in [-0.25, -0.2) is 0 Å². The first-order valence-corrected chi connectivity index (χ1v) is 10.8. The average molecular weight is 401 g/mol. The van der Waals surface area contributed by atoms with Crippen LogP contribution in [0, 0.1) is 0 Å². The molecule has 1 amide bonds. The summed E-state index contributed by atoms with van der Waals surface area (Å²) in [6.07, 6.45) is 0.866. The third-order valence-electron chi connectivity index (χ3n) is 4.51. The molecular formula is C22H28N2OS2. The molecule has 5 heteroatoms. The highest BCUT2D eigenvalue weighted by Gasteiger charge is 2.14. The van der Waals surface area contributed by atoms with Crippen LogP contribution in [0.25, 0.3) is 0 Å². The van der Waals surface area contributed by atoms with Crippen LogP contribution >= 0.6 is 24.0 Å². The van der Waals surface area contributed by atoms with Crippen LogP contribution < -0.4 is 5.32 Å². The summed E-state index contributed by atoms with van der Waals surface area (Å²) in [7, 11) is 0. The van der Waals surface area contributed by atoms with Crippen molar-refractivity contribution in [1.29, 1.82) is 0 Å². The van der Waals surface area contributed by atoms with E-state index < -0.39 is 0 Å². The Morgan fingerprint density at radius 3 is 2.00 bits per heavy atom. The van der Waals surface area contributed by atoms with Crippen LogP contribution in [0.2, 0.25) is 0 Å². The van der Waals surface area contributed by atoms with Gasteiger partial charge in [-0.1, -0.05) is 84.6 Å². The van der Waals surface area contributed by atoms with Gasteiger partial charge < -0.3 is 10.2 Å². The lowest BCUT2D eigenvalue weighted by atomic mass is 9.88. The van der Waals surface area contributed by atoms with Gasteiger partial charge in [0.25, 0.3) is 0 Å². The zero-order chi connectivity index (χ0) is 19.5. The minimum absolute atomic E-state index is 0.0365. The van der Waals surface area contributed by atoms with Gasteiger partial charge in [0.15, 0.2) is 0 Å². The summed E-state index contributed by atoms with van der Waals surface area (Å²) in [5, 5.41) is 3.05. The second-order valence-electron chi connectivity index (χ2n) is 6.24. The van der Waals surface area contributed by atoms with E-state index in [4.69, 9.17) is 12.2 Å². The van der Waals surface area contributed by atoms with Gasteiger partial charge in [-0.15, -0.1) is 0 Å². The Kier molecular flexibility index (Phi) is 9.36. The number of carbonyl (C=O) groups excluding carboxylic acids is 1. The minimum Gasteiger partial charge on any atom is -0.358 e. The Balaban J connectivity index is 1.87. The summed E-state index contributed by atoms with van der Waals surface area (Å²) in [6.45, 7) is 6.54. The van der Waals surface area contributed by atoms with Gasteiger partial charge in [-0.2, -0.15) is 0 Å². The first-order valence-electron chi connectivity index (χ1n) is 9.44. The molecular weight excluding hydrogens is 372 g/mol. The molecule has 0 spiro atoms. The highest BCUT2D eigenvalue weighted by molar-refractivity contribution is 8.23. The van der Waals surface area contributed by atoms with Gasteiger partial charge >= 0.3 is 0 Å². The number of nitrogens with one attached hydrogen (secondary N) is 1.